The van der Waals surface area contributed by atoms with Gasteiger partial charge < -0.3 is 14.2 Å². The van der Waals surface area contributed by atoms with Crippen molar-refractivity contribution < 1.29 is 17.6 Å². The minimum absolute atomic E-state index is 0.0800. The first-order valence-electron chi connectivity index (χ1n) is 16.3. The lowest BCUT2D eigenvalue weighted by molar-refractivity contribution is 0.0631. The molecule has 0 saturated carbocycles. The van der Waals surface area contributed by atoms with E-state index in [1.807, 2.05) is 60.7 Å². The summed E-state index contributed by atoms with van der Waals surface area (Å²) in [5.74, 6) is -0.280. The third-order valence-electron chi connectivity index (χ3n) is 8.70. The Hall–Kier alpha value is -3.99. The molecule has 4 aromatic rings. The summed E-state index contributed by atoms with van der Waals surface area (Å²) >= 11 is 0. The number of fused-ring (bicyclic) bond motifs is 1. The first-order chi connectivity index (χ1) is 22.3. The number of nitrogens with zero attached hydrogens (tertiary/aromatic N) is 3. The predicted molar refractivity (Wildman–Crippen MR) is 184 cm³/mol. The predicted octanol–water partition coefficient (Wildman–Crippen LogP) is 5.60. The molecule has 1 amide bonds. The Morgan fingerprint density at radius 3 is 2.20 bits per heavy atom. The molecule has 1 aliphatic heterocycles. The van der Waals surface area contributed by atoms with E-state index in [0.29, 0.717) is 25.2 Å². The van der Waals surface area contributed by atoms with Gasteiger partial charge in [0.15, 0.2) is 0 Å². The number of carbonyl (C=O) groups is 1. The third-order valence-corrected chi connectivity index (χ3v) is 10.2. The van der Waals surface area contributed by atoms with E-state index < -0.39 is 15.6 Å². The van der Waals surface area contributed by atoms with Gasteiger partial charge in [-0.05, 0) is 74.7 Å². The molecule has 1 N–H and O–H groups in total. The minimum Gasteiger partial charge on any atom is -0.422 e. The summed E-state index contributed by atoms with van der Waals surface area (Å²) in [6, 6.07) is 24.3. The lowest BCUT2D eigenvalue weighted by Crippen LogP contribution is -2.49. The Labute approximate surface area is 271 Å². The van der Waals surface area contributed by atoms with E-state index in [1.165, 1.54) is 0 Å². The van der Waals surface area contributed by atoms with Crippen molar-refractivity contribution in [2.45, 2.75) is 44.4 Å². The van der Waals surface area contributed by atoms with E-state index in [0.717, 1.165) is 80.6 Å². The zero-order valence-corrected chi connectivity index (χ0v) is 27.6. The Morgan fingerprint density at radius 2 is 1.50 bits per heavy atom. The van der Waals surface area contributed by atoms with Crippen LogP contribution in [0.3, 0.4) is 0 Å². The molecule has 3 aromatic carbocycles. The van der Waals surface area contributed by atoms with Crippen molar-refractivity contribution in [3.05, 3.63) is 94.8 Å². The maximum atomic E-state index is 13.2. The van der Waals surface area contributed by atoms with Crippen LogP contribution in [0.25, 0.3) is 22.1 Å². The van der Waals surface area contributed by atoms with Crippen molar-refractivity contribution in [3.8, 4) is 11.1 Å². The summed E-state index contributed by atoms with van der Waals surface area (Å²) in [7, 11) is -3.54. The van der Waals surface area contributed by atoms with Crippen molar-refractivity contribution in [2.75, 3.05) is 57.3 Å². The molecule has 0 aliphatic carbocycles. The molecule has 1 aliphatic rings. The molecule has 2 heterocycles. The van der Waals surface area contributed by atoms with Gasteiger partial charge in [-0.1, -0.05) is 55.3 Å². The van der Waals surface area contributed by atoms with Crippen LogP contribution in [0, 0.1) is 0 Å². The number of carbonyl (C=O) groups excluding carboxylic acids is 1. The van der Waals surface area contributed by atoms with Crippen molar-refractivity contribution in [1.29, 1.82) is 0 Å². The fraction of sp³-hybridized carbons (Fsp3) is 0.389. The SMILES string of the molecule is CCN(CC)c1ccc2cc(C(=O)N3CCN(CCCCCCNS(=O)(=O)c4ccc(-c5ccccc5)cc4)CC3)c(=O)oc2c1. The summed E-state index contributed by atoms with van der Waals surface area (Å²) in [5, 5.41) is 0.739. The Balaban J connectivity index is 1.00. The van der Waals surface area contributed by atoms with Gasteiger partial charge in [0.25, 0.3) is 5.91 Å². The number of nitrogens with one attached hydrogen (secondary N) is 1. The summed E-state index contributed by atoms with van der Waals surface area (Å²) in [5.41, 5.74) is 2.99. The highest BCUT2D eigenvalue weighted by Gasteiger charge is 2.25. The number of sulfonamides is 1. The highest BCUT2D eigenvalue weighted by Crippen LogP contribution is 2.23. The summed E-state index contributed by atoms with van der Waals surface area (Å²) in [4.78, 5) is 32.5. The molecule has 0 atom stereocenters. The molecular formula is C36H44N4O5S. The van der Waals surface area contributed by atoms with Gasteiger partial charge in [0.1, 0.15) is 11.1 Å². The van der Waals surface area contributed by atoms with E-state index in [9.17, 15) is 18.0 Å². The zero-order chi connectivity index (χ0) is 32.5. The van der Waals surface area contributed by atoms with Gasteiger partial charge in [0.2, 0.25) is 10.0 Å². The molecule has 0 radical (unpaired) electrons. The molecule has 0 bridgehead atoms. The largest absolute Gasteiger partial charge is 0.422 e. The smallest absolute Gasteiger partial charge is 0.349 e. The van der Waals surface area contributed by atoms with Gasteiger partial charge in [-0.2, -0.15) is 0 Å². The van der Waals surface area contributed by atoms with Gasteiger partial charge >= 0.3 is 5.63 Å². The molecule has 0 spiro atoms. The number of amides is 1. The van der Waals surface area contributed by atoms with E-state index in [4.69, 9.17) is 4.42 Å². The maximum Gasteiger partial charge on any atom is 0.349 e. The van der Waals surface area contributed by atoms with Crippen LogP contribution in [0.2, 0.25) is 0 Å². The van der Waals surface area contributed by atoms with E-state index in [2.05, 4.69) is 28.4 Å². The Morgan fingerprint density at radius 1 is 0.826 bits per heavy atom. The monoisotopic (exact) mass is 644 g/mol. The standard InChI is InChI=1S/C36H44N4O5S/c1-3-39(4-2)31-17-14-30-26-33(36(42)45-34(30)27-31)35(41)40-24-22-38(23-25-40)21-11-6-5-10-20-37-46(43,44)32-18-15-29(16-19-32)28-12-8-7-9-13-28/h7-9,12-19,26-27,37H,3-6,10-11,20-25H2,1-2H3. The minimum atomic E-state index is -3.54. The quantitative estimate of drug-likeness (QED) is 0.141. The highest BCUT2D eigenvalue weighted by molar-refractivity contribution is 7.89. The number of hydrogen-bond donors (Lipinski definition) is 1. The molecule has 1 aromatic heterocycles. The van der Waals surface area contributed by atoms with Crippen molar-refractivity contribution in [2.24, 2.45) is 0 Å². The normalized spacial score (nSPS) is 14.1. The lowest BCUT2D eigenvalue weighted by atomic mass is 10.1. The van der Waals surface area contributed by atoms with Crippen LogP contribution in [0.15, 0.2) is 93.0 Å². The molecule has 1 saturated heterocycles. The molecular weight excluding hydrogens is 600 g/mol. The molecule has 244 valence electrons. The van der Waals surface area contributed by atoms with Crippen molar-refractivity contribution >= 4 is 32.6 Å². The van der Waals surface area contributed by atoms with Crippen molar-refractivity contribution in [3.63, 3.8) is 0 Å². The van der Waals surface area contributed by atoms with Gasteiger partial charge in [0, 0.05) is 63.0 Å². The molecule has 9 nitrogen and oxygen atoms in total. The van der Waals surface area contributed by atoms with Gasteiger partial charge in [-0.15, -0.1) is 0 Å². The number of rotatable bonds is 14. The van der Waals surface area contributed by atoms with Crippen LogP contribution in [0.4, 0.5) is 5.69 Å². The first kappa shape index (κ1) is 33.4. The molecule has 46 heavy (non-hydrogen) atoms. The Bertz CT molecular complexity index is 1760. The zero-order valence-electron chi connectivity index (χ0n) is 26.8. The van der Waals surface area contributed by atoms with E-state index in [1.54, 1.807) is 23.1 Å². The summed E-state index contributed by atoms with van der Waals surface area (Å²) in [6.45, 7) is 9.82. The molecule has 1 fully saturated rings. The van der Waals surface area contributed by atoms with Crippen LogP contribution >= 0.6 is 0 Å². The molecule has 5 rings (SSSR count). The fourth-order valence-electron chi connectivity index (χ4n) is 5.94. The number of benzene rings is 3. The van der Waals surface area contributed by atoms with Crippen LogP contribution in [0.5, 0.6) is 0 Å². The average Bonchev–Trinajstić information content (AvgIpc) is 3.08. The third kappa shape index (κ3) is 8.23. The van der Waals surface area contributed by atoms with E-state index in [-0.39, 0.29) is 16.4 Å². The fourth-order valence-corrected chi connectivity index (χ4v) is 7.01. The number of anilines is 1. The number of unbranched alkanes of at least 4 members (excludes halogenated alkanes) is 3. The van der Waals surface area contributed by atoms with Crippen LogP contribution < -0.4 is 15.2 Å². The second kappa shape index (κ2) is 15.5. The van der Waals surface area contributed by atoms with Gasteiger partial charge in [0.05, 0.1) is 4.90 Å². The molecule has 0 unspecified atom stereocenters. The second-order valence-electron chi connectivity index (χ2n) is 11.7. The first-order valence-corrected chi connectivity index (χ1v) is 17.8. The maximum absolute atomic E-state index is 13.2. The molecule has 10 heteroatoms. The topological polar surface area (TPSA) is 103 Å². The van der Waals surface area contributed by atoms with Crippen LogP contribution in [0.1, 0.15) is 49.9 Å². The number of piperazine rings is 1. The van der Waals surface area contributed by atoms with Gasteiger partial charge in [-0.3, -0.25) is 9.69 Å². The van der Waals surface area contributed by atoms with Crippen LogP contribution in [-0.4, -0.2) is 76.5 Å². The Kier molecular flexibility index (Phi) is 11.3. The van der Waals surface area contributed by atoms with Crippen molar-refractivity contribution in [1.82, 2.24) is 14.5 Å². The van der Waals surface area contributed by atoms with Crippen LogP contribution in [-0.2, 0) is 10.0 Å². The van der Waals surface area contributed by atoms with Gasteiger partial charge in [-0.25, -0.2) is 17.9 Å². The summed E-state index contributed by atoms with van der Waals surface area (Å²) < 4.78 is 33.7. The number of hydrogen-bond acceptors (Lipinski definition) is 7. The lowest BCUT2D eigenvalue weighted by Gasteiger charge is -2.34. The van der Waals surface area contributed by atoms with E-state index >= 15 is 0 Å². The average molecular weight is 645 g/mol. The highest BCUT2D eigenvalue weighted by atomic mass is 32.2. The summed E-state index contributed by atoms with van der Waals surface area (Å²) in [6.07, 6.45) is 3.71. The second-order valence-corrected chi connectivity index (χ2v) is 13.4.